The van der Waals surface area contributed by atoms with Crippen molar-refractivity contribution in [2.45, 2.75) is 0 Å². The molecular weight excluding hydrogens is 575 g/mol. The van der Waals surface area contributed by atoms with Crippen molar-refractivity contribution in [3.63, 3.8) is 0 Å². The Morgan fingerprint density at radius 1 is 0.404 bits per heavy atom. The van der Waals surface area contributed by atoms with Gasteiger partial charge in [0.25, 0.3) is 6.71 Å². The molecule has 47 heavy (non-hydrogen) atoms. The van der Waals surface area contributed by atoms with Gasteiger partial charge in [-0.05, 0) is 35.2 Å². The minimum atomic E-state index is 0.0420. The van der Waals surface area contributed by atoms with E-state index in [2.05, 4.69) is 148 Å². The third-order valence-electron chi connectivity index (χ3n) is 10.6. The lowest BCUT2D eigenvalue weighted by Crippen LogP contribution is -2.57. The van der Waals surface area contributed by atoms with Gasteiger partial charge in [0.15, 0.2) is 0 Å². The Kier molecular flexibility index (Phi) is 4.27. The van der Waals surface area contributed by atoms with Crippen molar-refractivity contribution in [2.24, 2.45) is 0 Å². The van der Waals surface area contributed by atoms with E-state index >= 15 is 0 Å². The largest absolute Gasteiger partial charge is 0.458 e. The molecule has 0 atom stereocenters. The number of rotatable bonds is 1. The summed E-state index contributed by atoms with van der Waals surface area (Å²) in [5, 5.41) is 7.53. The standard InChI is InChI=1S/C42H23BN2O2/c1-5-16-33-26(11-1)29-20-21-30-28-13-9-12-27-25-10-2-6-17-34(25)45(40(27)28)42(30)41(29)44(33)24-22-37-39-38(23-24)47-36-19-8-4-15-32(36)43(39)31-14-3-7-18-35(31)46-37/h1-23H. The Hall–Kier alpha value is -6.20. The quantitative estimate of drug-likeness (QED) is 0.177. The van der Waals surface area contributed by atoms with Crippen molar-refractivity contribution < 1.29 is 9.47 Å². The van der Waals surface area contributed by atoms with E-state index in [1.807, 2.05) is 0 Å². The molecule has 0 saturated carbocycles. The summed E-state index contributed by atoms with van der Waals surface area (Å²) in [7, 11) is 0. The van der Waals surface area contributed by atoms with Gasteiger partial charge in [0, 0.05) is 49.9 Å². The van der Waals surface area contributed by atoms with Gasteiger partial charge in [-0.1, -0.05) is 103 Å². The van der Waals surface area contributed by atoms with Gasteiger partial charge in [-0.15, -0.1) is 0 Å². The minimum Gasteiger partial charge on any atom is -0.458 e. The molecule has 12 rings (SSSR count). The van der Waals surface area contributed by atoms with Crippen molar-refractivity contribution in [3.8, 4) is 28.7 Å². The van der Waals surface area contributed by atoms with Crippen LogP contribution in [0.15, 0.2) is 140 Å². The van der Waals surface area contributed by atoms with Crippen LogP contribution in [0.3, 0.4) is 0 Å². The molecule has 0 N–H and O–H groups in total. The van der Waals surface area contributed by atoms with Crippen LogP contribution in [0.5, 0.6) is 23.0 Å². The first kappa shape index (κ1) is 24.1. The van der Waals surface area contributed by atoms with Gasteiger partial charge in [-0.2, -0.15) is 0 Å². The molecule has 7 aromatic carbocycles. The molecule has 0 spiro atoms. The van der Waals surface area contributed by atoms with Crippen LogP contribution >= 0.6 is 0 Å². The summed E-state index contributed by atoms with van der Waals surface area (Å²) < 4.78 is 18.4. The highest BCUT2D eigenvalue weighted by atomic mass is 16.5. The van der Waals surface area contributed by atoms with E-state index < -0.39 is 0 Å². The predicted molar refractivity (Wildman–Crippen MR) is 193 cm³/mol. The first-order valence-corrected chi connectivity index (χ1v) is 16.1. The Labute approximate surface area is 269 Å². The van der Waals surface area contributed by atoms with Gasteiger partial charge in [0.05, 0.1) is 33.3 Å². The molecule has 216 valence electrons. The Morgan fingerprint density at radius 2 is 0.915 bits per heavy atom. The molecule has 0 fully saturated rings. The van der Waals surface area contributed by atoms with Crippen molar-refractivity contribution in [1.29, 1.82) is 0 Å². The van der Waals surface area contributed by atoms with Crippen LogP contribution in [0, 0.1) is 0 Å². The first-order valence-electron chi connectivity index (χ1n) is 16.1. The monoisotopic (exact) mass is 598 g/mol. The Morgan fingerprint density at radius 3 is 1.62 bits per heavy atom. The van der Waals surface area contributed by atoms with E-state index in [1.54, 1.807) is 0 Å². The molecular formula is C42H23BN2O2. The molecule has 2 aliphatic heterocycles. The smallest absolute Gasteiger partial charge is 0.260 e. The van der Waals surface area contributed by atoms with E-state index in [0.29, 0.717) is 0 Å². The molecule has 0 unspecified atom stereocenters. The fourth-order valence-electron chi connectivity index (χ4n) is 8.73. The van der Waals surface area contributed by atoms with Gasteiger partial charge in [-0.3, -0.25) is 0 Å². The molecule has 10 aromatic rings. The summed E-state index contributed by atoms with van der Waals surface area (Å²) in [5.74, 6) is 3.46. The van der Waals surface area contributed by atoms with E-state index in [4.69, 9.17) is 9.47 Å². The summed E-state index contributed by atoms with van der Waals surface area (Å²) in [4.78, 5) is 0. The summed E-state index contributed by atoms with van der Waals surface area (Å²) in [6.45, 7) is 0.0420. The topological polar surface area (TPSA) is 27.8 Å². The molecule has 0 radical (unpaired) electrons. The second-order valence-electron chi connectivity index (χ2n) is 12.8. The molecule has 3 aromatic heterocycles. The highest BCUT2D eigenvalue weighted by molar-refractivity contribution is 6.98. The molecule has 5 heteroatoms. The van der Waals surface area contributed by atoms with E-state index in [0.717, 1.165) is 39.7 Å². The van der Waals surface area contributed by atoms with Crippen LogP contribution in [-0.2, 0) is 0 Å². The van der Waals surface area contributed by atoms with Crippen LogP contribution in [0.1, 0.15) is 0 Å². The van der Waals surface area contributed by atoms with Crippen molar-refractivity contribution in [2.75, 3.05) is 0 Å². The van der Waals surface area contributed by atoms with Crippen LogP contribution in [0.25, 0.3) is 65.6 Å². The van der Waals surface area contributed by atoms with Gasteiger partial charge >= 0.3 is 0 Å². The zero-order chi connectivity index (χ0) is 30.4. The first-order chi connectivity index (χ1) is 23.3. The number of hydrogen-bond donors (Lipinski definition) is 0. The summed E-state index contributed by atoms with van der Waals surface area (Å²) in [6, 6.07) is 50.1. The van der Waals surface area contributed by atoms with E-state index in [1.165, 1.54) is 65.3 Å². The molecule has 2 aliphatic rings. The second-order valence-corrected chi connectivity index (χ2v) is 12.8. The third-order valence-corrected chi connectivity index (χ3v) is 10.6. The maximum absolute atomic E-state index is 6.74. The normalized spacial score (nSPS) is 13.4. The zero-order valence-electron chi connectivity index (χ0n) is 25.1. The maximum Gasteiger partial charge on any atom is 0.260 e. The van der Waals surface area contributed by atoms with Gasteiger partial charge in [0.1, 0.15) is 23.0 Å². The lowest BCUT2D eigenvalue weighted by atomic mass is 9.35. The molecule has 0 bridgehead atoms. The fourth-order valence-corrected chi connectivity index (χ4v) is 8.73. The van der Waals surface area contributed by atoms with Gasteiger partial charge in [0.2, 0.25) is 0 Å². The number of nitrogens with zero attached hydrogens (tertiary/aromatic N) is 2. The van der Waals surface area contributed by atoms with E-state index in [-0.39, 0.29) is 6.71 Å². The van der Waals surface area contributed by atoms with Crippen molar-refractivity contribution >= 4 is 83.0 Å². The van der Waals surface area contributed by atoms with Crippen LogP contribution in [-0.4, -0.2) is 15.7 Å². The second kappa shape index (κ2) is 8.33. The third kappa shape index (κ3) is 2.87. The lowest BCUT2D eigenvalue weighted by Gasteiger charge is -2.33. The SMILES string of the molecule is c1ccc2c(c1)Oc1cc(-n3c4ccccc4c4ccc5c6cccc7c8ccccc8n(c76)c5c43)cc3c1B2c1ccccc1O3. The number of hydrogen-bond acceptors (Lipinski definition) is 2. The number of aromatic nitrogens is 2. The molecule has 0 amide bonds. The number of benzene rings is 7. The molecule has 0 aliphatic carbocycles. The van der Waals surface area contributed by atoms with Gasteiger partial charge < -0.3 is 18.4 Å². The number of fused-ring (bicyclic) bond motifs is 14. The predicted octanol–water partition coefficient (Wildman–Crippen LogP) is 8.66. The Balaban J connectivity index is 1.25. The molecule has 5 heterocycles. The fraction of sp³-hybridized carbons (Fsp3) is 0. The molecule has 4 nitrogen and oxygen atoms in total. The number of para-hydroxylation sites is 5. The molecule has 0 saturated heterocycles. The lowest BCUT2D eigenvalue weighted by molar-refractivity contribution is 0.464. The summed E-state index contributed by atoms with van der Waals surface area (Å²) in [6.07, 6.45) is 0. The van der Waals surface area contributed by atoms with Crippen LogP contribution in [0.2, 0.25) is 0 Å². The highest BCUT2D eigenvalue weighted by Gasteiger charge is 2.40. The minimum absolute atomic E-state index is 0.0420. The summed E-state index contributed by atoms with van der Waals surface area (Å²) >= 11 is 0. The van der Waals surface area contributed by atoms with Crippen LogP contribution in [0.4, 0.5) is 0 Å². The van der Waals surface area contributed by atoms with Crippen molar-refractivity contribution in [3.05, 3.63) is 140 Å². The number of ether oxygens (including phenoxy) is 2. The average Bonchev–Trinajstić information content (AvgIpc) is 3.76. The Bertz CT molecular complexity index is 2920. The zero-order valence-corrected chi connectivity index (χ0v) is 25.1. The average molecular weight is 598 g/mol. The summed E-state index contributed by atoms with van der Waals surface area (Å²) in [5.41, 5.74) is 10.5. The van der Waals surface area contributed by atoms with Crippen LogP contribution < -0.4 is 25.9 Å². The van der Waals surface area contributed by atoms with Crippen molar-refractivity contribution in [1.82, 2.24) is 8.97 Å². The highest BCUT2D eigenvalue weighted by Crippen LogP contribution is 2.45. The van der Waals surface area contributed by atoms with E-state index in [9.17, 15) is 0 Å². The van der Waals surface area contributed by atoms with Gasteiger partial charge in [-0.25, -0.2) is 0 Å². The maximum atomic E-state index is 6.74.